The number of amides is 1. The predicted molar refractivity (Wildman–Crippen MR) is 90.8 cm³/mol. The van der Waals surface area contributed by atoms with Crippen LogP contribution in [0.25, 0.3) is 0 Å². The summed E-state index contributed by atoms with van der Waals surface area (Å²) in [6.45, 7) is 6.81. The summed E-state index contributed by atoms with van der Waals surface area (Å²) in [4.78, 5) is 25.1. The lowest BCUT2D eigenvalue weighted by molar-refractivity contribution is -0.137. The molecule has 1 aromatic rings. The van der Waals surface area contributed by atoms with E-state index >= 15 is 0 Å². The lowest BCUT2D eigenvalue weighted by atomic mass is 9.91. The van der Waals surface area contributed by atoms with E-state index in [-0.39, 0.29) is 18.4 Å². The Bertz CT molecular complexity index is 575. The summed E-state index contributed by atoms with van der Waals surface area (Å²) in [5.41, 5.74) is 0. The Morgan fingerprint density at radius 2 is 2.12 bits per heavy atom. The average molecular weight is 357 g/mol. The van der Waals surface area contributed by atoms with Crippen molar-refractivity contribution in [3.8, 4) is 0 Å². The van der Waals surface area contributed by atoms with Gasteiger partial charge in [0.05, 0.1) is 17.6 Å². The molecule has 1 aliphatic heterocycles. The minimum Gasteiger partial charge on any atom is -0.481 e. The van der Waals surface area contributed by atoms with Crippen LogP contribution in [0.2, 0.25) is 5.02 Å². The van der Waals surface area contributed by atoms with Crippen LogP contribution in [0, 0.1) is 11.8 Å². The number of halogens is 1. The molecule has 1 aromatic heterocycles. The van der Waals surface area contributed by atoms with Crippen LogP contribution < -0.4 is 5.32 Å². The van der Waals surface area contributed by atoms with Crippen molar-refractivity contribution in [2.45, 2.75) is 39.3 Å². The predicted octanol–water partition coefficient (Wildman–Crippen LogP) is 1.47. The molecule has 2 rings (SSSR count). The first kappa shape index (κ1) is 18.7. The third-order valence-corrected chi connectivity index (χ3v) is 4.65. The molecule has 7 nitrogen and oxygen atoms in total. The van der Waals surface area contributed by atoms with Gasteiger partial charge in [0.2, 0.25) is 5.91 Å². The first-order valence-corrected chi connectivity index (χ1v) is 8.64. The summed E-state index contributed by atoms with van der Waals surface area (Å²) in [6, 6.07) is 0.0625. The smallest absolute Gasteiger partial charge is 0.304 e. The molecule has 0 unspecified atom stereocenters. The number of likely N-dealkylation sites (tertiary alicyclic amines) is 1. The number of nitrogens with one attached hydrogen (secondary N) is 1. The Labute approximate surface area is 147 Å². The van der Waals surface area contributed by atoms with Crippen LogP contribution in [0.4, 0.5) is 0 Å². The molecule has 134 valence electrons. The quantitative estimate of drug-likeness (QED) is 0.736. The Morgan fingerprint density at radius 3 is 2.71 bits per heavy atom. The van der Waals surface area contributed by atoms with Crippen LogP contribution in [0.15, 0.2) is 12.4 Å². The van der Waals surface area contributed by atoms with Crippen LogP contribution >= 0.6 is 11.6 Å². The summed E-state index contributed by atoms with van der Waals surface area (Å²) in [5.74, 6) is -0.0456. The minimum atomic E-state index is -0.790. The maximum absolute atomic E-state index is 12.2. The Hall–Kier alpha value is -1.60. The van der Waals surface area contributed by atoms with Crippen LogP contribution in [0.1, 0.15) is 26.7 Å². The van der Waals surface area contributed by atoms with Gasteiger partial charge < -0.3 is 15.3 Å². The van der Waals surface area contributed by atoms with E-state index in [2.05, 4.69) is 29.2 Å². The number of nitrogens with zero attached hydrogens (tertiary/aromatic N) is 3. The molecule has 2 heterocycles. The fourth-order valence-electron chi connectivity index (χ4n) is 3.13. The first-order chi connectivity index (χ1) is 11.3. The molecule has 0 saturated carbocycles. The van der Waals surface area contributed by atoms with E-state index in [4.69, 9.17) is 16.7 Å². The highest BCUT2D eigenvalue weighted by Gasteiger charge is 2.35. The van der Waals surface area contributed by atoms with Crippen molar-refractivity contribution in [1.29, 1.82) is 0 Å². The van der Waals surface area contributed by atoms with E-state index in [1.54, 1.807) is 17.1 Å². The zero-order valence-corrected chi connectivity index (χ0v) is 14.9. The van der Waals surface area contributed by atoms with E-state index in [1.165, 1.54) is 0 Å². The number of hydrogen-bond acceptors (Lipinski definition) is 4. The van der Waals surface area contributed by atoms with Gasteiger partial charge in [0, 0.05) is 44.8 Å². The lowest BCUT2D eigenvalue weighted by Crippen LogP contribution is -2.42. The molecule has 2 atom stereocenters. The third kappa shape index (κ3) is 5.49. The van der Waals surface area contributed by atoms with Crippen LogP contribution in [0.5, 0.6) is 0 Å². The van der Waals surface area contributed by atoms with Crippen molar-refractivity contribution >= 4 is 23.5 Å². The van der Waals surface area contributed by atoms with Gasteiger partial charge in [-0.3, -0.25) is 14.3 Å². The van der Waals surface area contributed by atoms with Gasteiger partial charge in [-0.1, -0.05) is 25.4 Å². The van der Waals surface area contributed by atoms with Gasteiger partial charge in [-0.2, -0.15) is 5.10 Å². The molecule has 1 saturated heterocycles. The Kier molecular flexibility index (Phi) is 6.62. The number of carboxylic acids is 1. The number of aliphatic carboxylic acids is 1. The number of aromatic nitrogens is 2. The van der Waals surface area contributed by atoms with Gasteiger partial charge in [-0.05, 0) is 11.8 Å². The molecule has 24 heavy (non-hydrogen) atoms. The summed E-state index contributed by atoms with van der Waals surface area (Å²) in [7, 11) is 0. The first-order valence-electron chi connectivity index (χ1n) is 8.26. The minimum absolute atomic E-state index is 0.0163. The van der Waals surface area contributed by atoms with Crippen LogP contribution in [-0.4, -0.2) is 57.3 Å². The topological polar surface area (TPSA) is 87.5 Å². The van der Waals surface area contributed by atoms with E-state index in [1.807, 2.05) is 0 Å². The fourth-order valence-corrected chi connectivity index (χ4v) is 3.29. The van der Waals surface area contributed by atoms with Gasteiger partial charge in [-0.15, -0.1) is 0 Å². The highest BCUT2D eigenvalue weighted by Crippen LogP contribution is 2.24. The van der Waals surface area contributed by atoms with Gasteiger partial charge in [0.1, 0.15) is 0 Å². The van der Waals surface area contributed by atoms with E-state index in [0.717, 1.165) is 6.54 Å². The molecule has 0 bridgehead atoms. The maximum atomic E-state index is 12.2. The largest absolute Gasteiger partial charge is 0.481 e. The van der Waals surface area contributed by atoms with Crippen molar-refractivity contribution in [2.75, 3.05) is 19.6 Å². The number of carbonyl (C=O) groups is 2. The molecule has 2 N–H and O–H groups in total. The van der Waals surface area contributed by atoms with E-state index in [9.17, 15) is 9.59 Å². The second kappa shape index (κ2) is 8.48. The number of carboxylic acid groups (broad SMARTS) is 1. The van der Waals surface area contributed by atoms with E-state index < -0.39 is 5.97 Å². The number of carbonyl (C=O) groups excluding carboxylic acids is 1. The normalized spacial score (nSPS) is 21.3. The van der Waals surface area contributed by atoms with Gasteiger partial charge in [0.25, 0.3) is 0 Å². The average Bonchev–Trinajstić information content (AvgIpc) is 3.09. The standard InChI is InChI=1S/C16H25ClN4O3/c1-11(2)13-9-20(5-4-16(23)24)10-14(13)19-15(22)3-6-21-8-12(17)7-18-21/h7-8,11,13-14H,3-6,9-10H2,1-2H3,(H,19,22)(H,23,24)/t13-,14+/m1/s1. The molecule has 1 fully saturated rings. The van der Waals surface area contributed by atoms with Gasteiger partial charge in [0.15, 0.2) is 0 Å². The molecule has 1 aliphatic rings. The summed E-state index contributed by atoms with van der Waals surface area (Å²) in [6.07, 6.45) is 3.71. The molecule has 0 radical (unpaired) electrons. The second-order valence-electron chi connectivity index (χ2n) is 6.66. The molecule has 1 amide bonds. The number of rotatable bonds is 8. The third-order valence-electron chi connectivity index (χ3n) is 4.46. The zero-order chi connectivity index (χ0) is 17.7. The van der Waals surface area contributed by atoms with Gasteiger partial charge in [-0.25, -0.2) is 0 Å². The Balaban J connectivity index is 1.83. The van der Waals surface area contributed by atoms with Crippen molar-refractivity contribution in [3.63, 3.8) is 0 Å². The van der Waals surface area contributed by atoms with E-state index in [0.29, 0.717) is 42.9 Å². The fraction of sp³-hybridized carbons (Fsp3) is 0.688. The highest BCUT2D eigenvalue weighted by atomic mass is 35.5. The highest BCUT2D eigenvalue weighted by molar-refractivity contribution is 6.30. The zero-order valence-electron chi connectivity index (χ0n) is 14.1. The molecule has 0 aliphatic carbocycles. The number of hydrogen-bond donors (Lipinski definition) is 2. The van der Waals surface area contributed by atoms with Crippen molar-refractivity contribution < 1.29 is 14.7 Å². The van der Waals surface area contributed by atoms with Crippen molar-refractivity contribution in [1.82, 2.24) is 20.0 Å². The summed E-state index contributed by atoms with van der Waals surface area (Å²) < 4.78 is 1.65. The molecule has 8 heteroatoms. The Morgan fingerprint density at radius 1 is 1.38 bits per heavy atom. The monoisotopic (exact) mass is 356 g/mol. The van der Waals surface area contributed by atoms with Crippen molar-refractivity contribution in [2.24, 2.45) is 11.8 Å². The molecular formula is C16H25ClN4O3. The van der Waals surface area contributed by atoms with Crippen molar-refractivity contribution in [3.05, 3.63) is 17.4 Å². The van der Waals surface area contributed by atoms with Crippen LogP contribution in [-0.2, 0) is 16.1 Å². The van der Waals surface area contributed by atoms with Crippen LogP contribution in [0.3, 0.4) is 0 Å². The lowest BCUT2D eigenvalue weighted by Gasteiger charge is -2.23. The van der Waals surface area contributed by atoms with Gasteiger partial charge >= 0.3 is 5.97 Å². The summed E-state index contributed by atoms with van der Waals surface area (Å²) >= 11 is 5.80. The molecule has 0 spiro atoms. The molecular weight excluding hydrogens is 332 g/mol. The maximum Gasteiger partial charge on any atom is 0.304 e. The summed E-state index contributed by atoms with van der Waals surface area (Å²) in [5, 5.41) is 16.5. The SMILES string of the molecule is CC(C)[C@H]1CN(CCC(=O)O)C[C@@H]1NC(=O)CCn1cc(Cl)cn1. The number of aryl methyl sites for hydroxylation is 1. The molecule has 0 aromatic carbocycles. The second-order valence-corrected chi connectivity index (χ2v) is 7.09.